The summed E-state index contributed by atoms with van der Waals surface area (Å²) in [6.45, 7) is 2.02. The van der Waals surface area contributed by atoms with Crippen molar-refractivity contribution in [2.75, 3.05) is 12.5 Å². The number of nitrogens with two attached hydrogens (primary N) is 1. The number of thiophene rings is 1. The predicted molar refractivity (Wildman–Crippen MR) is 82.0 cm³/mol. The number of methoxy groups -OCH3 is 1. The van der Waals surface area contributed by atoms with Crippen LogP contribution >= 0.6 is 11.3 Å². The Morgan fingerprint density at radius 1 is 1.25 bits per heavy atom. The summed E-state index contributed by atoms with van der Waals surface area (Å²) in [7, 11) is 1.64. The molecular formula is C14H14N4OS. The standard InChI is InChI=1S/C14H14N4OS/c1-8-3-4-9(11(7-8)19-2)12-16-13(18-15)10-5-6-20-14(10)17-12/h3-7H,15H2,1-2H3,(H,16,17,18). The lowest BCUT2D eigenvalue weighted by Crippen LogP contribution is -2.09. The first-order valence-corrected chi connectivity index (χ1v) is 6.97. The van der Waals surface area contributed by atoms with E-state index in [1.165, 1.54) is 0 Å². The summed E-state index contributed by atoms with van der Waals surface area (Å²) in [4.78, 5) is 9.96. The van der Waals surface area contributed by atoms with E-state index in [1.54, 1.807) is 18.4 Å². The molecule has 0 aliphatic carbocycles. The van der Waals surface area contributed by atoms with Crippen LogP contribution in [0.4, 0.5) is 5.82 Å². The minimum atomic E-state index is 0.602. The lowest BCUT2D eigenvalue weighted by atomic mass is 10.1. The second-order valence-corrected chi connectivity index (χ2v) is 5.28. The van der Waals surface area contributed by atoms with E-state index < -0.39 is 0 Å². The summed E-state index contributed by atoms with van der Waals surface area (Å²) < 4.78 is 5.42. The maximum Gasteiger partial charge on any atom is 0.166 e. The number of anilines is 1. The molecule has 3 N–H and O–H groups in total. The van der Waals surface area contributed by atoms with Crippen molar-refractivity contribution in [1.82, 2.24) is 9.97 Å². The third-order valence-electron chi connectivity index (χ3n) is 3.06. The zero-order valence-electron chi connectivity index (χ0n) is 11.2. The maximum absolute atomic E-state index is 5.55. The van der Waals surface area contributed by atoms with Crippen LogP contribution in [0.3, 0.4) is 0 Å². The van der Waals surface area contributed by atoms with Crippen LogP contribution < -0.4 is 16.0 Å². The minimum Gasteiger partial charge on any atom is -0.496 e. The Hall–Kier alpha value is -2.18. The fourth-order valence-electron chi connectivity index (χ4n) is 2.07. The van der Waals surface area contributed by atoms with Crippen molar-refractivity contribution < 1.29 is 4.74 Å². The molecule has 0 saturated carbocycles. The molecule has 0 bridgehead atoms. The Morgan fingerprint density at radius 3 is 2.85 bits per heavy atom. The number of nitrogens with one attached hydrogen (secondary N) is 1. The van der Waals surface area contributed by atoms with Gasteiger partial charge in [-0.15, -0.1) is 11.3 Å². The Balaban J connectivity index is 2.24. The highest BCUT2D eigenvalue weighted by Gasteiger charge is 2.13. The zero-order chi connectivity index (χ0) is 14.1. The van der Waals surface area contributed by atoms with Gasteiger partial charge in [0.25, 0.3) is 0 Å². The van der Waals surface area contributed by atoms with E-state index in [2.05, 4.69) is 15.4 Å². The normalized spacial score (nSPS) is 10.8. The average Bonchev–Trinajstić information content (AvgIpc) is 2.94. The predicted octanol–water partition coefficient (Wildman–Crippen LogP) is 2.96. The lowest BCUT2D eigenvalue weighted by Gasteiger charge is -2.10. The highest BCUT2D eigenvalue weighted by Crippen LogP contribution is 2.32. The molecule has 0 unspecified atom stereocenters. The molecule has 3 rings (SSSR count). The van der Waals surface area contributed by atoms with Crippen LogP contribution in [0, 0.1) is 6.92 Å². The van der Waals surface area contributed by atoms with E-state index in [9.17, 15) is 0 Å². The molecule has 3 aromatic rings. The van der Waals surface area contributed by atoms with Crippen molar-refractivity contribution in [3.63, 3.8) is 0 Å². The summed E-state index contributed by atoms with van der Waals surface area (Å²) >= 11 is 1.55. The lowest BCUT2D eigenvalue weighted by molar-refractivity contribution is 0.416. The summed E-state index contributed by atoms with van der Waals surface area (Å²) in [5, 5.41) is 2.89. The van der Waals surface area contributed by atoms with Crippen LogP contribution in [0.5, 0.6) is 5.75 Å². The van der Waals surface area contributed by atoms with E-state index in [1.807, 2.05) is 36.6 Å². The van der Waals surface area contributed by atoms with Gasteiger partial charge in [0, 0.05) is 0 Å². The maximum atomic E-state index is 5.55. The molecule has 1 aromatic carbocycles. The van der Waals surface area contributed by atoms with Crippen LogP contribution in [0.2, 0.25) is 0 Å². The number of aromatic nitrogens is 2. The first-order chi connectivity index (χ1) is 9.72. The van der Waals surface area contributed by atoms with Gasteiger partial charge in [-0.05, 0) is 36.1 Å². The van der Waals surface area contributed by atoms with E-state index >= 15 is 0 Å². The average molecular weight is 286 g/mol. The number of hydrogen-bond donors (Lipinski definition) is 2. The van der Waals surface area contributed by atoms with Gasteiger partial charge in [0.15, 0.2) is 11.6 Å². The Morgan fingerprint density at radius 2 is 2.10 bits per heavy atom. The van der Waals surface area contributed by atoms with Gasteiger partial charge in [-0.25, -0.2) is 15.8 Å². The summed E-state index contributed by atoms with van der Waals surface area (Å²) in [6.07, 6.45) is 0. The van der Waals surface area contributed by atoms with Crippen LogP contribution in [-0.4, -0.2) is 17.1 Å². The quantitative estimate of drug-likeness (QED) is 0.572. The second-order valence-electron chi connectivity index (χ2n) is 4.38. The second kappa shape index (κ2) is 5.07. The summed E-state index contributed by atoms with van der Waals surface area (Å²) in [5.41, 5.74) is 4.61. The number of hydrogen-bond acceptors (Lipinski definition) is 6. The molecule has 0 spiro atoms. The van der Waals surface area contributed by atoms with Crippen LogP contribution in [-0.2, 0) is 0 Å². The van der Waals surface area contributed by atoms with Gasteiger partial charge in [0.2, 0.25) is 0 Å². The Bertz CT molecular complexity index is 769. The number of hydrazine groups is 1. The van der Waals surface area contributed by atoms with Gasteiger partial charge in [-0.3, -0.25) is 0 Å². The van der Waals surface area contributed by atoms with E-state index in [-0.39, 0.29) is 0 Å². The third-order valence-corrected chi connectivity index (χ3v) is 3.87. The number of benzene rings is 1. The van der Waals surface area contributed by atoms with Gasteiger partial charge in [0.05, 0.1) is 18.1 Å². The van der Waals surface area contributed by atoms with Crippen molar-refractivity contribution in [1.29, 1.82) is 0 Å². The van der Waals surface area contributed by atoms with E-state index in [4.69, 9.17) is 10.6 Å². The number of rotatable bonds is 3. The van der Waals surface area contributed by atoms with Crippen molar-refractivity contribution in [3.05, 3.63) is 35.2 Å². The molecule has 0 saturated heterocycles. The molecule has 20 heavy (non-hydrogen) atoms. The van der Waals surface area contributed by atoms with E-state index in [0.717, 1.165) is 27.1 Å². The molecule has 2 heterocycles. The number of fused-ring (bicyclic) bond motifs is 1. The topological polar surface area (TPSA) is 73.1 Å². The van der Waals surface area contributed by atoms with E-state index in [0.29, 0.717) is 11.6 Å². The number of nitrogen functional groups attached to an aromatic ring is 1. The smallest absolute Gasteiger partial charge is 0.166 e. The Kier molecular flexibility index (Phi) is 3.25. The van der Waals surface area contributed by atoms with Crippen molar-refractivity contribution >= 4 is 27.4 Å². The molecule has 0 aliphatic rings. The van der Waals surface area contributed by atoms with Crippen LogP contribution in [0.25, 0.3) is 21.6 Å². The molecular weight excluding hydrogens is 272 g/mol. The number of nitrogens with zero attached hydrogens (tertiary/aromatic N) is 2. The van der Waals surface area contributed by atoms with Crippen molar-refractivity contribution in [3.8, 4) is 17.1 Å². The fraction of sp³-hybridized carbons (Fsp3) is 0.143. The van der Waals surface area contributed by atoms with Gasteiger partial charge in [0.1, 0.15) is 10.6 Å². The molecule has 0 radical (unpaired) electrons. The van der Waals surface area contributed by atoms with Gasteiger partial charge in [-0.1, -0.05) is 6.07 Å². The highest BCUT2D eigenvalue weighted by molar-refractivity contribution is 7.16. The zero-order valence-corrected chi connectivity index (χ0v) is 12.0. The third kappa shape index (κ3) is 2.09. The van der Waals surface area contributed by atoms with Gasteiger partial charge >= 0.3 is 0 Å². The number of ether oxygens (including phenoxy) is 1. The molecule has 0 atom stereocenters. The molecule has 0 aliphatic heterocycles. The van der Waals surface area contributed by atoms with Gasteiger partial charge in [-0.2, -0.15) is 0 Å². The fourth-order valence-corrected chi connectivity index (χ4v) is 2.83. The highest BCUT2D eigenvalue weighted by atomic mass is 32.1. The Labute approximate surface area is 120 Å². The van der Waals surface area contributed by atoms with Crippen LogP contribution in [0.1, 0.15) is 5.56 Å². The molecule has 6 heteroatoms. The molecule has 102 valence electrons. The summed E-state index contributed by atoms with van der Waals surface area (Å²) in [5.74, 6) is 7.52. The molecule has 0 fully saturated rings. The van der Waals surface area contributed by atoms with Crippen LogP contribution in [0.15, 0.2) is 29.6 Å². The van der Waals surface area contributed by atoms with Crippen molar-refractivity contribution in [2.45, 2.75) is 6.92 Å². The number of aryl methyl sites for hydroxylation is 1. The van der Waals surface area contributed by atoms with Gasteiger partial charge < -0.3 is 10.2 Å². The summed E-state index contributed by atoms with van der Waals surface area (Å²) in [6, 6.07) is 7.89. The molecule has 2 aromatic heterocycles. The van der Waals surface area contributed by atoms with Crippen molar-refractivity contribution in [2.24, 2.45) is 5.84 Å². The molecule has 5 nitrogen and oxygen atoms in total. The first kappa shape index (κ1) is 12.8. The monoisotopic (exact) mass is 286 g/mol. The molecule has 0 amide bonds. The minimum absolute atomic E-state index is 0.602. The first-order valence-electron chi connectivity index (χ1n) is 6.10. The largest absolute Gasteiger partial charge is 0.496 e. The SMILES string of the molecule is COc1cc(C)ccc1-c1nc(NN)c2ccsc2n1.